The molecule has 0 unspecified atom stereocenters. The van der Waals surface area contributed by atoms with Crippen LogP contribution in [-0.2, 0) is 4.79 Å². The van der Waals surface area contributed by atoms with E-state index in [1.54, 1.807) is 24.3 Å². The number of hydrogen-bond acceptors (Lipinski definition) is 3. The molecule has 0 spiro atoms. The SMILES string of the molecule is C[C@H](NCC(=O)Nc1ccc(SC(F)F)cc1)c1cccc2ccccc12. The quantitative estimate of drug-likeness (QED) is 0.531. The van der Waals surface area contributed by atoms with Gasteiger partial charge in [-0.1, -0.05) is 54.2 Å². The zero-order valence-corrected chi connectivity index (χ0v) is 15.6. The minimum Gasteiger partial charge on any atom is -0.325 e. The molecule has 140 valence electrons. The van der Waals surface area contributed by atoms with Crippen LogP contribution in [0.4, 0.5) is 14.5 Å². The molecule has 0 heterocycles. The Kier molecular flexibility index (Phi) is 6.42. The van der Waals surface area contributed by atoms with E-state index in [1.807, 2.05) is 25.1 Å². The van der Waals surface area contributed by atoms with Crippen molar-refractivity contribution < 1.29 is 13.6 Å². The number of carbonyl (C=O) groups is 1. The van der Waals surface area contributed by atoms with Crippen molar-refractivity contribution in [1.29, 1.82) is 0 Å². The molecule has 0 bridgehead atoms. The Bertz CT molecular complexity index is 910. The van der Waals surface area contributed by atoms with Crippen LogP contribution in [0, 0.1) is 0 Å². The predicted molar refractivity (Wildman–Crippen MR) is 107 cm³/mol. The zero-order chi connectivity index (χ0) is 19.2. The van der Waals surface area contributed by atoms with Gasteiger partial charge in [-0.15, -0.1) is 0 Å². The molecule has 2 N–H and O–H groups in total. The number of rotatable bonds is 7. The molecule has 0 aliphatic heterocycles. The van der Waals surface area contributed by atoms with Crippen molar-refractivity contribution in [3.8, 4) is 0 Å². The van der Waals surface area contributed by atoms with Crippen LogP contribution < -0.4 is 10.6 Å². The Morgan fingerprint density at radius 3 is 2.44 bits per heavy atom. The molecule has 0 aliphatic rings. The summed E-state index contributed by atoms with van der Waals surface area (Å²) >= 11 is 0.480. The molecule has 6 heteroatoms. The fraction of sp³-hybridized carbons (Fsp3) is 0.190. The summed E-state index contributed by atoms with van der Waals surface area (Å²) in [5, 5.41) is 8.32. The number of carbonyl (C=O) groups excluding carboxylic acids is 1. The van der Waals surface area contributed by atoms with Crippen molar-refractivity contribution in [2.24, 2.45) is 0 Å². The average molecular weight is 386 g/mol. The van der Waals surface area contributed by atoms with Crippen molar-refractivity contribution >= 4 is 34.1 Å². The van der Waals surface area contributed by atoms with Gasteiger partial charge in [-0.2, -0.15) is 8.78 Å². The molecule has 0 fully saturated rings. The molecule has 0 saturated heterocycles. The van der Waals surface area contributed by atoms with Crippen LogP contribution in [-0.4, -0.2) is 18.2 Å². The number of benzene rings is 3. The van der Waals surface area contributed by atoms with Gasteiger partial charge in [-0.25, -0.2) is 0 Å². The van der Waals surface area contributed by atoms with Gasteiger partial charge in [0, 0.05) is 16.6 Å². The van der Waals surface area contributed by atoms with E-state index in [9.17, 15) is 13.6 Å². The van der Waals surface area contributed by atoms with Crippen LogP contribution in [0.15, 0.2) is 71.6 Å². The number of thioether (sulfide) groups is 1. The van der Waals surface area contributed by atoms with E-state index in [1.165, 1.54) is 0 Å². The summed E-state index contributed by atoms with van der Waals surface area (Å²) < 4.78 is 24.7. The van der Waals surface area contributed by atoms with Gasteiger partial charge < -0.3 is 10.6 Å². The lowest BCUT2D eigenvalue weighted by Crippen LogP contribution is -2.30. The first kappa shape index (κ1) is 19.3. The molecule has 1 amide bonds. The van der Waals surface area contributed by atoms with Gasteiger partial charge >= 0.3 is 0 Å². The summed E-state index contributed by atoms with van der Waals surface area (Å²) in [5.74, 6) is -2.64. The second-order valence-electron chi connectivity index (χ2n) is 6.12. The van der Waals surface area contributed by atoms with Crippen LogP contribution >= 0.6 is 11.8 Å². The highest BCUT2D eigenvalue weighted by molar-refractivity contribution is 7.99. The number of hydrogen-bond donors (Lipinski definition) is 2. The third-order valence-corrected chi connectivity index (χ3v) is 4.94. The number of anilines is 1. The highest BCUT2D eigenvalue weighted by Crippen LogP contribution is 2.26. The maximum atomic E-state index is 12.3. The lowest BCUT2D eigenvalue weighted by Gasteiger charge is -2.16. The maximum Gasteiger partial charge on any atom is 0.288 e. The van der Waals surface area contributed by atoms with E-state index < -0.39 is 5.76 Å². The smallest absolute Gasteiger partial charge is 0.288 e. The van der Waals surface area contributed by atoms with Crippen LogP contribution in [0.25, 0.3) is 10.8 Å². The first-order valence-electron chi connectivity index (χ1n) is 8.58. The third-order valence-electron chi connectivity index (χ3n) is 4.22. The molecule has 1 atom stereocenters. The molecule has 3 rings (SSSR count). The summed E-state index contributed by atoms with van der Waals surface area (Å²) in [7, 11) is 0. The Morgan fingerprint density at radius 1 is 1.00 bits per heavy atom. The molecule has 0 aliphatic carbocycles. The molecular formula is C21H20F2N2OS. The van der Waals surface area contributed by atoms with Gasteiger partial charge in [0.1, 0.15) is 0 Å². The van der Waals surface area contributed by atoms with Crippen LogP contribution in [0.3, 0.4) is 0 Å². The van der Waals surface area contributed by atoms with Gasteiger partial charge in [-0.3, -0.25) is 4.79 Å². The molecule has 3 aromatic carbocycles. The number of alkyl halides is 2. The summed E-state index contributed by atoms with van der Waals surface area (Å²) in [6.07, 6.45) is 0. The van der Waals surface area contributed by atoms with Gasteiger partial charge in [0.05, 0.1) is 6.54 Å². The Labute approximate surface area is 161 Å². The molecule has 3 aromatic rings. The molecule has 0 saturated carbocycles. The van der Waals surface area contributed by atoms with E-state index in [2.05, 4.69) is 34.9 Å². The minimum absolute atomic E-state index is 0.00617. The Morgan fingerprint density at radius 2 is 1.70 bits per heavy atom. The largest absolute Gasteiger partial charge is 0.325 e. The maximum absolute atomic E-state index is 12.3. The van der Waals surface area contributed by atoms with Gasteiger partial charge in [-0.05, 0) is 47.5 Å². The first-order chi connectivity index (χ1) is 13.0. The van der Waals surface area contributed by atoms with E-state index in [4.69, 9.17) is 0 Å². The summed E-state index contributed by atoms with van der Waals surface area (Å²) in [6, 6.07) is 20.7. The molecule has 0 aromatic heterocycles. The van der Waals surface area contributed by atoms with Crippen molar-refractivity contribution in [3.63, 3.8) is 0 Å². The summed E-state index contributed by atoms with van der Waals surface area (Å²) in [5.41, 5.74) is 1.72. The monoisotopic (exact) mass is 386 g/mol. The number of amides is 1. The second kappa shape index (κ2) is 8.97. The van der Waals surface area contributed by atoms with E-state index >= 15 is 0 Å². The fourth-order valence-corrected chi connectivity index (χ4v) is 3.41. The zero-order valence-electron chi connectivity index (χ0n) is 14.8. The van der Waals surface area contributed by atoms with E-state index in [-0.39, 0.29) is 18.5 Å². The normalized spacial score (nSPS) is 12.3. The van der Waals surface area contributed by atoms with Crippen LogP contribution in [0.5, 0.6) is 0 Å². The van der Waals surface area contributed by atoms with Crippen LogP contribution in [0.1, 0.15) is 18.5 Å². The number of halogens is 2. The van der Waals surface area contributed by atoms with Crippen molar-refractivity contribution in [2.45, 2.75) is 23.6 Å². The lowest BCUT2D eigenvalue weighted by atomic mass is 10.00. The molecule has 27 heavy (non-hydrogen) atoms. The molecule has 3 nitrogen and oxygen atoms in total. The van der Waals surface area contributed by atoms with Gasteiger partial charge in [0.15, 0.2) is 0 Å². The lowest BCUT2D eigenvalue weighted by molar-refractivity contribution is -0.115. The number of nitrogens with one attached hydrogen (secondary N) is 2. The minimum atomic E-state index is -2.45. The molecular weight excluding hydrogens is 366 g/mol. The van der Waals surface area contributed by atoms with E-state index in [0.29, 0.717) is 22.3 Å². The Balaban J connectivity index is 1.57. The second-order valence-corrected chi connectivity index (χ2v) is 7.19. The standard InChI is InChI=1S/C21H20F2N2OS/c1-14(18-8-4-6-15-5-2-3-7-19(15)18)24-13-20(26)25-16-9-11-17(12-10-16)27-21(22)23/h2-12,14,21,24H,13H2,1H3,(H,25,26)/t14-/m0/s1. The predicted octanol–water partition coefficient (Wildman–Crippen LogP) is 5.44. The van der Waals surface area contributed by atoms with Gasteiger partial charge in [0.2, 0.25) is 5.91 Å². The van der Waals surface area contributed by atoms with Crippen molar-refractivity contribution in [2.75, 3.05) is 11.9 Å². The first-order valence-corrected chi connectivity index (χ1v) is 9.46. The third kappa shape index (κ3) is 5.28. The Hall–Kier alpha value is -2.44. The van der Waals surface area contributed by atoms with Gasteiger partial charge in [0.25, 0.3) is 5.76 Å². The topological polar surface area (TPSA) is 41.1 Å². The van der Waals surface area contributed by atoms with Crippen LogP contribution in [0.2, 0.25) is 0 Å². The molecule has 0 radical (unpaired) electrons. The highest BCUT2D eigenvalue weighted by Gasteiger charge is 2.11. The van der Waals surface area contributed by atoms with Crippen molar-refractivity contribution in [1.82, 2.24) is 5.32 Å². The highest BCUT2D eigenvalue weighted by atomic mass is 32.2. The average Bonchev–Trinajstić information content (AvgIpc) is 2.67. The summed E-state index contributed by atoms with van der Waals surface area (Å²) in [4.78, 5) is 12.6. The summed E-state index contributed by atoms with van der Waals surface area (Å²) in [6.45, 7) is 2.17. The van der Waals surface area contributed by atoms with E-state index in [0.717, 1.165) is 16.3 Å². The van der Waals surface area contributed by atoms with Crippen molar-refractivity contribution in [3.05, 3.63) is 72.3 Å². The fourth-order valence-electron chi connectivity index (χ4n) is 2.91. The number of fused-ring (bicyclic) bond motifs is 1.